The summed E-state index contributed by atoms with van der Waals surface area (Å²) < 4.78 is 0. The van der Waals surface area contributed by atoms with Gasteiger partial charge in [-0.3, -0.25) is 0 Å². The molecule has 0 radical (unpaired) electrons. The van der Waals surface area contributed by atoms with Crippen LogP contribution >= 0.6 is 0 Å². The number of hydrogen-bond donors (Lipinski definition) is 3. The first-order valence-corrected chi connectivity index (χ1v) is 5.96. The summed E-state index contributed by atoms with van der Waals surface area (Å²) in [5.41, 5.74) is 2.09. The number of carboxylic acid groups (broad SMARTS) is 1. The van der Waals surface area contributed by atoms with Crippen molar-refractivity contribution in [3.63, 3.8) is 0 Å². The van der Waals surface area contributed by atoms with E-state index in [0.29, 0.717) is 13.1 Å². The van der Waals surface area contributed by atoms with E-state index in [2.05, 4.69) is 10.6 Å². The van der Waals surface area contributed by atoms with Crippen LogP contribution in [-0.4, -0.2) is 23.7 Å². The van der Waals surface area contributed by atoms with Gasteiger partial charge in [0.15, 0.2) is 0 Å². The van der Waals surface area contributed by atoms with Crippen molar-refractivity contribution >= 4 is 12.0 Å². The third kappa shape index (κ3) is 5.72. The number of benzene rings is 1. The van der Waals surface area contributed by atoms with Crippen LogP contribution < -0.4 is 10.6 Å². The molecule has 0 fully saturated rings. The Labute approximate surface area is 112 Å². The van der Waals surface area contributed by atoms with Gasteiger partial charge in [-0.15, -0.1) is 0 Å². The normalized spacial score (nSPS) is 9.58. The maximum Gasteiger partial charge on any atom is 0.335 e. The molecule has 0 atom stereocenters. The molecule has 0 saturated carbocycles. The first-order valence-electron chi connectivity index (χ1n) is 5.96. The minimum Gasteiger partial charge on any atom is -0.478 e. The van der Waals surface area contributed by atoms with Crippen LogP contribution in [0.5, 0.6) is 0 Å². The third-order valence-electron chi connectivity index (χ3n) is 2.40. The second kappa shape index (κ2) is 7.20. The molecule has 0 aliphatic heterocycles. The van der Waals surface area contributed by atoms with Crippen LogP contribution in [0.2, 0.25) is 0 Å². The maximum atomic E-state index is 11.4. The Bertz CT molecular complexity index is 491. The highest BCUT2D eigenvalue weighted by Gasteiger charge is 2.04. The maximum absolute atomic E-state index is 11.4. The highest BCUT2D eigenvalue weighted by atomic mass is 16.4. The summed E-state index contributed by atoms with van der Waals surface area (Å²) in [5, 5.41) is 14.2. The molecule has 0 saturated heterocycles. The van der Waals surface area contributed by atoms with E-state index in [1.54, 1.807) is 18.2 Å². The first kappa shape index (κ1) is 14.8. The molecule has 19 heavy (non-hydrogen) atoms. The second-order valence-electron chi connectivity index (χ2n) is 4.35. The van der Waals surface area contributed by atoms with E-state index in [1.165, 1.54) is 6.07 Å². The molecule has 0 unspecified atom stereocenters. The fourth-order valence-corrected chi connectivity index (χ4v) is 1.41. The van der Waals surface area contributed by atoms with Crippen molar-refractivity contribution in [1.82, 2.24) is 10.6 Å². The largest absolute Gasteiger partial charge is 0.478 e. The molecule has 0 aromatic heterocycles. The zero-order chi connectivity index (χ0) is 14.3. The lowest BCUT2D eigenvalue weighted by Gasteiger charge is -2.07. The monoisotopic (exact) mass is 262 g/mol. The highest BCUT2D eigenvalue weighted by Crippen LogP contribution is 2.04. The quantitative estimate of drug-likeness (QED) is 0.711. The van der Waals surface area contributed by atoms with Gasteiger partial charge in [0.1, 0.15) is 0 Å². The second-order valence-corrected chi connectivity index (χ2v) is 4.35. The average Bonchev–Trinajstić information content (AvgIpc) is 2.36. The van der Waals surface area contributed by atoms with E-state index in [9.17, 15) is 9.59 Å². The SMILES string of the molecule is CC(C)=CCNC(=O)NCc1cccc(C(=O)O)c1. The van der Waals surface area contributed by atoms with Gasteiger partial charge in [0.2, 0.25) is 0 Å². The topological polar surface area (TPSA) is 78.4 Å². The summed E-state index contributed by atoms with van der Waals surface area (Å²) in [5.74, 6) is -0.977. The lowest BCUT2D eigenvalue weighted by atomic mass is 10.1. The standard InChI is InChI=1S/C14H18N2O3/c1-10(2)6-7-15-14(19)16-9-11-4-3-5-12(8-11)13(17)18/h3-6,8H,7,9H2,1-2H3,(H,17,18)(H2,15,16,19). The molecular weight excluding hydrogens is 244 g/mol. The van der Waals surface area contributed by atoms with Gasteiger partial charge in [-0.05, 0) is 31.5 Å². The third-order valence-corrected chi connectivity index (χ3v) is 2.40. The predicted octanol–water partition coefficient (Wildman–Crippen LogP) is 2.15. The van der Waals surface area contributed by atoms with E-state index < -0.39 is 5.97 Å². The predicted molar refractivity (Wildman–Crippen MR) is 73.1 cm³/mol. The Morgan fingerprint density at radius 1 is 1.26 bits per heavy atom. The molecule has 0 heterocycles. The number of hydrogen-bond acceptors (Lipinski definition) is 2. The fourth-order valence-electron chi connectivity index (χ4n) is 1.41. The van der Waals surface area contributed by atoms with Gasteiger partial charge in [0.05, 0.1) is 5.56 Å². The number of carboxylic acids is 1. The van der Waals surface area contributed by atoms with Crippen LogP contribution in [0.25, 0.3) is 0 Å². The smallest absolute Gasteiger partial charge is 0.335 e. The number of carbonyl (C=O) groups is 2. The van der Waals surface area contributed by atoms with Crippen molar-refractivity contribution in [3.8, 4) is 0 Å². The average molecular weight is 262 g/mol. The summed E-state index contributed by atoms with van der Waals surface area (Å²) >= 11 is 0. The number of rotatable bonds is 5. The van der Waals surface area contributed by atoms with E-state index in [-0.39, 0.29) is 11.6 Å². The van der Waals surface area contributed by atoms with E-state index in [1.807, 2.05) is 19.9 Å². The van der Waals surface area contributed by atoms with Crippen LogP contribution in [0, 0.1) is 0 Å². The lowest BCUT2D eigenvalue weighted by molar-refractivity contribution is 0.0696. The van der Waals surface area contributed by atoms with Crippen LogP contribution in [0.1, 0.15) is 29.8 Å². The molecule has 1 rings (SSSR count). The van der Waals surface area contributed by atoms with Gasteiger partial charge < -0.3 is 15.7 Å². The first-order chi connectivity index (χ1) is 8.99. The van der Waals surface area contributed by atoms with Crippen LogP contribution in [0.4, 0.5) is 4.79 Å². The van der Waals surface area contributed by atoms with Crippen molar-refractivity contribution in [2.24, 2.45) is 0 Å². The highest BCUT2D eigenvalue weighted by molar-refractivity contribution is 5.87. The zero-order valence-corrected chi connectivity index (χ0v) is 11.1. The molecule has 0 aliphatic rings. The molecule has 0 bridgehead atoms. The van der Waals surface area contributed by atoms with E-state index in [4.69, 9.17) is 5.11 Å². The Morgan fingerprint density at radius 3 is 2.63 bits per heavy atom. The lowest BCUT2D eigenvalue weighted by Crippen LogP contribution is -2.35. The van der Waals surface area contributed by atoms with Crippen molar-refractivity contribution in [3.05, 3.63) is 47.0 Å². The van der Waals surface area contributed by atoms with Crippen LogP contribution in [0.15, 0.2) is 35.9 Å². The molecule has 5 heteroatoms. The molecule has 1 aromatic carbocycles. The summed E-state index contributed by atoms with van der Waals surface area (Å²) in [6, 6.07) is 6.20. The van der Waals surface area contributed by atoms with Gasteiger partial charge in [-0.25, -0.2) is 9.59 Å². The minimum atomic E-state index is -0.977. The van der Waals surface area contributed by atoms with Gasteiger partial charge in [0, 0.05) is 13.1 Å². The molecular formula is C14H18N2O3. The van der Waals surface area contributed by atoms with Gasteiger partial charge in [0.25, 0.3) is 0 Å². The number of aromatic carboxylic acids is 1. The Balaban J connectivity index is 2.44. The number of amides is 2. The number of urea groups is 1. The van der Waals surface area contributed by atoms with Crippen LogP contribution in [0.3, 0.4) is 0 Å². The molecule has 2 amide bonds. The van der Waals surface area contributed by atoms with Crippen molar-refractivity contribution in [2.75, 3.05) is 6.54 Å². The van der Waals surface area contributed by atoms with Crippen molar-refractivity contribution in [2.45, 2.75) is 20.4 Å². The Kier molecular flexibility index (Phi) is 5.60. The molecule has 3 N–H and O–H groups in total. The summed E-state index contributed by atoms with van der Waals surface area (Å²) in [4.78, 5) is 22.2. The minimum absolute atomic E-state index is 0.212. The molecule has 1 aromatic rings. The van der Waals surface area contributed by atoms with Gasteiger partial charge in [-0.2, -0.15) is 0 Å². The van der Waals surface area contributed by atoms with Crippen molar-refractivity contribution < 1.29 is 14.7 Å². The van der Waals surface area contributed by atoms with Gasteiger partial charge in [-0.1, -0.05) is 23.8 Å². The summed E-state index contributed by atoms with van der Waals surface area (Å²) in [6.07, 6.45) is 1.91. The van der Waals surface area contributed by atoms with Gasteiger partial charge >= 0.3 is 12.0 Å². The molecule has 102 valence electrons. The van der Waals surface area contributed by atoms with Crippen molar-refractivity contribution in [1.29, 1.82) is 0 Å². The molecule has 0 aliphatic carbocycles. The summed E-state index contributed by atoms with van der Waals surface area (Å²) in [7, 11) is 0. The van der Waals surface area contributed by atoms with E-state index >= 15 is 0 Å². The molecule has 0 spiro atoms. The number of carbonyl (C=O) groups excluding carboxylic acids is 1. The zero-order valence-electron chi connectivity index (χ0n) is 11.1. The number of nitrogens with one attached hydrogen (secondary N) is 2. The fraction of sp³-hybridized carbons (Fsp3) is 0.286. The van der Waals surface area contributed by atoms with Crippen LogP contribution in [-0.2, 0) is 6.54 Å². The molecule has 5 nitrogen and oxygen atoms in total. The van der Waals surface area contributed by atoms with E-state index in [0.717, 1.165) is 11.1 Å². The Morgan fingerprint density at radius 2 is 2.00 bits per heavy atom. The number of allylic oxidation sites excluding steroid dienone is 1. The Hall–Kier alpha value is -2.30. The summed E-state index contributed by atoms with van der Waals surface area (Å²) in [6.45, 7) is 4.68.